The van der Waals surface area contributed by atoms with Gasteiger partial charge in [0.2, 0.25) is 0 Å². The van der Waals surface area contributed by atoms with Crippen LogP contribution in [0.25, 0.3) is 11.1 Å². The zero-order chi connectivity index (χ0) is 19.2. The van der Waals surface area contributed by atoms with Crippen molar-refractivity contribution in [3.8, 4) is 22.6 Å². The van der Waals surface area contributed by atoms with Crippen LogP contribution in [0.1, 0.15) is 15.9 Å². The van der Waals surface area contributed by atoms with Gasteiger partial charge < -0.3 is 14.8 Å². The molecule has 3 aromatic rings. The highest BCUT2D eigenvalue weighted by molar-refractivity contribution is 5.95. The lowest BCUT2D eigenvalue weighted by Gasteiger charge is -2.11. The fourth-order valence-electron chi connectivity index (χ4n) is 2.59. The highest BCUT2D eigenvalue weighted by atomic mass is 19.3. The van der Waals surface area contributed by atoms with Crippen LogP contribution in [0.15, 0.2) is 54.9 Å². The first-order chi connectivity index (χ1) is 13.1. The number of hydrogen-bond donors (Lipinski definition) is 2. The molecule has 0 aliphatic rings. The predicted octanol–water partition coefficient (Wildman–Crippen LogP) is 3.62. The Labute approximate surface area is 154 Å². The number of benzene rings is 2. The van der Waals surface area contributed by atoms with Gasteiger partial charge in [-0.2, -0.15) is 13.9 Å². The van der Waals surface area contributed by atoms with E-state index in [1.54, 1.807) is 42.7 Å². The number of ether oxygens (including phenoxy) is 2. The minimum absolute atomic E-state index is 0.0443. The number of carbonyl (C=O) groups is 1. The van der Waals surface area contributed by atoms with E-state index in [4.69, 9.17) is 4.74 Å². The Kier molecular flexibility index (Phi) is 5.65. The van der Waals surface area contributed by atoms with E-state index in [0.29, 0.717) is 16.9 Å². The molecule has 0 radical (unpaired) electrons. The second-order valence-electron chi connectivity index (χ2n) is 5.61. The molecule has 0 fully saturated rings. The molecule has 0 atom stereocenters. The molecule has 0 bridgehead atoms. The molecule has 0 spiro atoms. The second-order valence-corrected chi connectivity index (χ2v) is 5.61. The van der Waals surface area contributed by atoms with Crippen molar-refractivity contribution in [1.82, 2.24) is 15.5 Å². The van der Waals surface area contributed by atoms with Crippen LogP contribution in [0.5, 0.6) is 11.5 Å². The Balaban J connectivity index is 1.69. The number of carbonyl (C=O) groups excluding carboxylic acids is 1. The predicted molar refractivity (Wildman–Crippen MR) is 94.8 cm³/mol. The Morgan fingerprint density at radius 2 is 2.11 bits per heavy atom. The topological polar surface area (TPSA) is 76.2 Å². The number of aromatic amines is 1. The molecule has 3 rings (SSSR count). The maximum atomic E-state index is 12.4. The van der Waals surface area contributed by atoms with Gasteiger partial charge >= 0.3 is 6.61 Å². The molecule has 0 aliphatic heterocycles. The number of nitrogens with one attached hydrogen (secondary N) is 2. The summed E-state index contributed by atoms with van der Waals surface area (Å²) in [4.78, 5) is 12.4. The molecule has 8 heteroatoms. The third-order valence-corrected chi connectivity index (χ3v) is 3.85. The van der Waals surface area contributed by atoms with E-state index in [0.717, 1.165) is 11.1 Å². The van der Waals surface area contributed by atoms with Crippen LogP contribution in [-0.2, 0) is 6.54 Å². The fourth-order valence-corrected chi connectivity index (χ4v) is 2.59. The van der Waals surface area contributed by atoms with Crippen LogP contribution in [0.3, 0.4) is 0 Å². The summed E-state index contributed by atoms with van der Waals surface area (Å²) >= 11 is 0. The van der Waals surface area contributed by atoms with E-state index < -0.39 is 6.61 Å². The van der Waals surface area contributed by atoms with E-state index in [1.165, 1.54) is 19.2 Å². The van der Waals surface area contributed by atoms with E-state index in [2.05, 4.69) is 20.3 Å². The number of H-pyrrole nitrogens is 1. The van der Waals surface area contributed by atoms with Crippen molar-refractivity contribution in [2.24, 2.45) is 0 Å². The lowest BCUT2D eigenvalue weighted by molar-refractivity contribution is -0.0498. The van der Waals surface area contributed by atoms with Gasteiger partial charge in [0.25, 0.3) is 5.91 Å². The molecular formula is C19H17F2N3O3. The van der Waals surface area contributed by atoms with Crippen LogP contribution in [-0.4, -0.2) is 29.8 Å². The Morgan fingerprint density at radius 1 is 1.26 bits per heavy atom. The molecule has 0 saturated carbocycles. The summed E-state index contributed by atoms with van der Waals surface area (Å²) < 4.78 is 34.3. The number of nitrogens with zero attached hydrogens (tertiary/aromatic N) is 1. The zero-order valence-corrected chi connectivity index (χ0v) is 14.4. The lowest BCUT2D eigenvalue weighted by atomic mass is 10.1. The molecule has 0 unspecified atom stereocenters. The van der Waals surface area contributed by atoms with Gasteiger partial charge in [-0.3, -0.25) is 9.89 Å². The Morgan fingerprint density at radius 3 is 2.81 bits per heavy atom. The van der Waals surface area contributed by atoms with Gasteiger partial charge in [-0.25, -0.2) is 0 Å². The van der Waals surface area contributed by atoms with Crippen molar-refractivity contribution in [2.45, 2.75) is 13.2 Å². The molecule has 140 valence electrons. The number of amides is 1. The summed E-state index contributed by atoms with van der Waals surface area (Å²) in [5, 5.41) is 9.38. The van der Waals surface area contributed by atoms with E-state index in [-0.39, 0.29) is 18.2 Å². The van der Waals surface area contributed by atoms with E-state index in [1.807, 2.05) is 0 Å². The van der Waals surface area contributed by atoms with Gasteiger partial charge in [0.15, 0.2) is 0 Å². The second kappa shape index (κ2) is 8.31. The quantitative estimate of drug-likeness (QED) is 0.663. The van der Waals surface area contributed by atoms with Crippen molar-refractivity contribution in [1.29, 1.82) is 0 Å². The van der Waals surface area contributed by atoms with Crippen molar-refractivity contribution in [3.05, 3.63) is 66.0 Å². The fraction of sp³-hybridized carbons (Fsp3) is 0.158. The van der Waals surface area contributed by atoms with Crippen LogP contribution in [0, 0.1) is 0 Å². The summed E-state index contributed by atoms with van der Waals surface area (Å²) in [5.74, 6) is 0.270. The van der Waals surface area contributed by atoms with Gasteiger partial charge in [0.1, 0.15) is 11.5 Å². The molecule has 0 saturated heterocycles. The molecule has 6 nitrogen and oxygen atoms in total. The first-order valence-electron chi connectivity index (χ1n) is 8.06. The summed E-state index contributed by atoms with van der Waals surface area (Å²) in [6.45, 7) is -2.72. The summed E-state index contributed by atoms with van der Waals surface area (Å²) in [6.07, 6.45) is 3.39. The number of alkyl halides is 2. The molecule has 1 amide bonds. The summed E-state index contributed by atoms with van der Waals surface area (Å²) in [7, 11) is 1.52. The minimum atomic E-state index is -2.89. The number of hydrogen-bond acceptors (Lipinski definition) is 4. The van der Waals surface area contributed by atoms with Crippen LogP contribution >= 0.6 is 0 Å². The molecule has 2 aromatic carbocycles. The number of halogens is 2. The average molecular weight is 373 g/mol. The van der Waals surface area contributed by atoms with Gasteiger partial charge in [-0.15, -0.1) is 0 Å². The first kappa shape index (κ1) is 18.4. The highest BCUT2D eigenvalue weighted by Crippen LogP contribution is 2.30. The zero-order valence-electron chi connectivity index (χ0n) is 14.4. The molecular weight excluding hydrogens is 356 g/mol. The van der Waals surface area contributed by atoms with E-state index in [9.17, 15) is 13.6 Å². The van der Waals surface area contributed by atoms with Crippen LogP contribution in [0.2, 0.25) is 0 Å². The molecule has 0 aliphatic carbocycles. The third kappa shape index (κ3) is 4.60. The van der Waals surface area contributed by atoms with Gasteiger partial charge in [-0.1, -0.05) is 12.1 Å². The number of rotatable bonds is 7. The van der Waals surface area contributed by atoms with Crippen LogP contribution in [0.4, 0.5) is 8.78 Å². The average Bonchev–Trinajstić information content (AvgIpc) is 3.20. The molecule has 2 N–H and O–H groups in total. The molecule has 1 aromatic heterocycles. The molecule has 27 heavy (non-hydrogen) atoms. The summed E-state index contributed by atoms with van der Waals surface area (Å²) in [5.41, 5.74) is 2.71. The van der Waals surface area contributed by atoms with Gasteiger partial charge in [-0.05, 0) is 35.9 Å². The standard InChI is InChI=1S/C19H17F2N3O3/c1-26-17-8-13(5-6-16(17)14-10-23-24-11-14)18(25)22-9-12-3-2-4-15(7-12)27-19(20)21/h2-8,10-11,19H,9H2,1H3,(H,22,25)(H,23,24). The normalized spacial score (nSPS) is 10.7. The minimum Gasteiger partial charge on any atom is -0.496 e. The van der Waals surface area contributed by atoms with Crippen LogP contribution < -0.4 is 14.8 Å². The number of methoxy groups -OCH3 is 1. The Bertz CT molecular complexity index is 914. The monoisotopic (exact) mass is 373 g/mol. The van der Waals surface area contributed by atoms with Crippen molar-refractivity contribution >= 4 is 5.91 Å². The van der Waals surface area contributed by atoms with Gasteiger partial charge in [0.05, 0.1) is 13.3 Å². The summed E-state index contributed by atoms with van der Waals surface area (Å²) in [6, 6.07) is 11.3. The highest BCUT2D eigenvalue weighted by Gasteiger charge is 2.12. The van der Waals surface area contributed by atoms with Crippen molar-refractivity contribution in [2.75, 3.05) is 7.11 Å². The maximum absolute atomic E-state index is 12.4. The van der Waals surface area contributed by atoms with Crippen molar-refractivity contribution < 1.29 is 23.0 Å². The SMILES string of the molecule is COc1cc(C(=O)NCc2cccc(OC(F)F)c2)ccc1-c1cn[nH]c1. The van der Waals surface area contributed by atoms with Crippen molar-refractivity contribution in [3.63, 3.8) is 0 Å². The first-order valence-corrected chi connectivity index (χ1v) is 8.06. The third-order valence-electron chi connectivity index (χ3n) is 3.85. The van der Waals surface area contributed by atoms with Gasteiger partial charge in [0, 0.05) is 29.4 Å². The smallest absolute Gasteiger partial charge is 0.387 e. The lowest BCUT2D eigenvalue weighted by Crippen LogP contribution is -2.22. The largest absolute Gasteiger partial charge is 0.496 e. The maximum Gasteiger partial charge on any atom is 0.387 e. The Hall–Kier alpha value is -3.42. The molecule has 1 heterocycles. The van der Waals surface area contributed by atoms with E-state index >= 15 is 0 Å². The number of aromatic nitrogens is 2.